The van der Waals surface area contributed by atoms with Gasteiger partial charge in [-0.15, -0.1) is 0 Å². The topological polar surface area (TPSA) is 84.9 Å². The van der Waals surface area contributed by atoms with Crippen LogP contribution in [0, 0.1) is 0 Å². The van der Waals surface area contributed by atoms with Gasteiger partial charge in [-0.1, -0.05) is 18.2 Å². The van der Waals surface area contributed by atoms with Crippen molar-refractivity contribution in [3.8, 4) is 5.75 Å². The van der Waals surface area contributed by atoms with Crippen LogP contribution >= 0.6 is 0 Å². The summed E-state index contributed by atoms with van der Waals surface area (Å²) < 4.78 is 10.3. The minimum Gasteiger partial charge on any atom is -0.488 e. The number of nitrogens with one attached hydrogen (secondary N) is 1. The van der Waals surface area contributed by atoms with Crippen molar-refractivity contribution < 1.29 is 24.2 Å². The summed E-state index contributed by atoms with van der Waals surface area (Å²) in [6, 6.07) is 7.47. The lowest BCUT2D eigenvalue weighted by atomic mass is 10.1. The Hall–Kier alpha value is -2.34. The highest BCUT2D eigenvalue weighted by Gasteiger charge is 2.16. The SMILES string of the molecule is O=C(O)COCCNC(=O)C1=Cc2ccccc2OC1. The number of carboxylic acid groups (broad SMARTS) is 1. The fraction of sp³-hybridized carbons (Fsp3) is 0.286. The highest BCUT2D eigenvalue weighted by molar-refractivity contribution is 5.99. The van der Waals surface area contributed by atoms with Gasteiger partial charge >= 0.3 is 5.97 Å². The minimum atomic E-state index is -1.03. The van der Waals surface area contributed by atoms with Gasteiger partial charge in [-0.3, -0.25) is 4.79 Å². The second-order valence-corrected chi connectivity index (χ2v) is 4.20. The van der Waals surface area contributed by atoms with Crippen LogP contribution < -0.4 is 10.1 Å². The molecule has 0 saturated carbocycles. The molecule has 1 aliphatic heterocycles. The number of aliphatic carboxylic acids is 1. The van der Waals surface area contributed by atoms with E-state index in [0.29, 0.717) is 5.57 Å². The van der Waals surface area contributed by atoms with Gasteiger partial charge in [0.05, 0.1) is 12.2 Å². The van der Waals surface area contributed by atoms with E-state index in [1.165, 1.54) is 0 Å². The predicted molar refractivity (Wildman–Crippen MR) is 71.4 cm³/mol. The second kappa shape index (κ2) is 6.72. The lowest BCUT2D eigenvalue weighted by Gasteiger charge is -2.17. The minimum absolute atomic E-state index is 0.156. The Balaban J connectivity index is 1.82. The van der Waals surface area contributed by atoms with Gasteiger partial charge in [-0.25, -0.2) is 4.79 Å². The molecule has 1 aromatic rings. The highest BCUT2D eigenvalue weighted by atomic mass is 16.5. The fourth-order valence-corrected chi connectivity index (χ4v) is 1.76. The first-order valence-electron chi connectivity index (χ1n) is 6.17. The molecular formula is C14H15NO5. The van der Waals surface area contributed by atoms with E-state index in [1.54, 1.807) is 6.08 Å². The molecule has 2 rings (SSSR count). The van der Waals surface area contributed by atoms with Crippen LogP contribution in [-0.4, -0.2) is 43.3 Å². The first-order chi connectivity index (χ1) is 9.66. The Morgan fingerprint density at radius 2 is 2.15 bits per heavy atom. The zero-order valence-electron chi connectivity index (χ0n) is 10.8. The molecule has 6 heteroatoms. The number of benzene rings is 1. The molecule has 0 fully saturated rings. The van der Waals surface area contributed by atoms with E-state index < -0.39 is 5.97 Å². The van der Waals surface area contributed by atoms with E-state index in [-0.39, 0.29) is 32.3 Å². The van der Waals surface area contributed by atoms with Gasteiger partial charge in [0.25, 0.3) is 5.91 Å². The normalized spacial score (nSPS) is 12.9. The van der Waals surface area contributed by atoms with E-state index >= 15 is 0 Å². The average molecular weight is 277 g/mol. The van der Waals surface area contributed by atoms with Crippen LogP contribution in [0.3, 0.4) is 0 Å². The smallest absolute Gasteiger partial charge is 0.329 e. The van der Waals surface area contributed by atoms with Gasteiger partial charge in [0.15, 0.2) is 0 Å². The maximum Gasteiger partial charge on any atom is 0.329 e. The molecule has 0 saturated heterocycles. The second-order valence-electron chi connectivity index (χ2n) is 4.20. The highest BCUT2D eigenvalue weighted by Crippen LogP contribution is 2.25. The maximum absolute atomic E-state index is 11.9. The number of ether oxygens (including phenoxy) is 2. The lowest BCUT2D eigenvalue weighted by molar-refractivity contribution is -0.142. The van der Waals surface area contributed by atoms with E-state index in [1.807, 2.05) is 24.3 Å². The Morgan fingerprint density at radius 3 is 2.95 bits per heavy atom. The molecule has 0 atom stereocenters. The Labute approximate surface area is 116 Å². The van der Waals surface area contributed by atoms with Crippen LogP contribution in [0.4, 0.5) is 0 Å². The molecule has 0 aliphatic carbocycles. The number of amides is 1. The van der Waals surface area contributed by atoms with Crippen LogP contribution in [0.1, 0.15) is 5.56 Å². The van der Waals surface area contributed by atoms with Crippen LogP contribution in [0.15, 0.2) is 29.8 Å². The molecule has 2 N–H and O–H groups in total. The number of rotatable bonds is 6. The third-order valence-electron chi connectivity index (χ3n) is 2.68. The summed E-state index contributed by atoms with van der Waals surface area (Å²) in [7, 11) is 0. The molecule has 1 amide bonds. The van der Waals surface area contributed by atoms with Crippen molar-refractivity contribution in [1.29, 1.82) is 0 Å². The Kier molecular flexibility index (Phi) is 4.73. The molecule has 0 bridgehead atoms. The molecule has 1 heterocycles. The number of carboxylic acids is 1. The number of carbonyl (C=O) groups excluding carboxylic acids is 1. The zero-order chi connectivity index (χ0) is 14.4. The largest absolute Gasteiger partial charge is 0.488 e. The number of hydrogen-bond donors (Lipinski definition) is 2. The standard InChI is InChI=1S/C14H15NO5/c16-13(17)9-19-6-5-15-14(18)11-7-10-3-1-2-4-12(10)20-8-11/h1-4,7H,5-6,8-9H2,(H,15,18)(H,16,17). The van der Waals surface area contributed by atoms with Gasteiger partial charge < -0.3 is 19.9 Å². The van der Waals surface area contributed by atoms with Crippen LogP contribution in [0.25, 0.3) is 6.08 Å². The molecule has 0 aromatic heterocycles. The van der Waals surface area contributed by atoms with Gasteiger partial charge in [-0.05, 0) is 12.1 Å². The molecular weight excluding hydrogens is 262 g/mol. The summed E-state index contributed by atoms with van der Waals surface area (Å²) in [6.45, 7) is 0.266. The van der Waals surface area contributed by atoms with Crippen LogP contribution in [-0.2, 0) is 14.3 Å². The summed E-state index contributed by atoms with van der Waals surface area (Å²) in [5.74, 6) is -0.511. The van der Waals surface area contributed by atoms with Crippen molar-refractivity contribution in [2.45, 2.75) is 0 Å². The summed E-state index contributed by atoms with van der Waals surface area (Å²) in [5, 5.41) is 11.0. The van der Waals surface area contributed by atoms with Gasteiger partial charge in [-0.2, -0.15) is 0 Å². The third kappa shape index (κ3) is 3.83. The summed E-state index contributed by atoms with van der Waals surface area (Å²) >= 11 is 0. The number of carbonyl (C=O) groups is 2. The quantitative estimate of drug-likeness (QED) is 0.747. The van der Waals surface area contributed by atoms with E-state index in [4.69, 9.17) is 14.6 Å². The molecule has 1 aromatic carbocycles. The van der Waals surface area contributed by atoms with Crippen molar-refractivity contribution in [2.75, 3.05) is 26.4 Å². The fourth-order valence-electron chi connectivity index (χ4n) is 1.76. The van der Waals surface area contributed by atoms with Crippen molar-refractivity contribution in [3.05, 3.63) is 35.4 Å². The van der Waals surface area contributed by atoms with E-state index in [2.05, 4.69) is 5.32 Å². The monoisotopic (exact) mass is 277 g/mol. The maximum atomic E-state index is 11.9. The predicted octanol–water partition coefficient (Wildman–Crippen LogP) is 0.680. The summed E-state index contributed by atoms with van der Waals surface area (Å²) in [4.78, 5) is 22.1. The van der Waals surface area contributed by atoms with Crippen molar-refractivity contribution in [3.63, 3.8) is 0 Å². The first-order valence-corrected chi connectivity index (χ1v) is 6.17. The lowest BCUT2D eigenvalue weighted by Crippen LogP contribution is -2.31. The molecule has 0 unspecified atom stereocenters. The number of para-hydroxylation sites is 1. The molecule has 6 nitrogen and oxygen atoms in total. The number of hydrogen-bond acceptors (Lipinski definition) is 4. The van der Waals surface area contributed by atoms with E-state index in [0.717, 1.165) is 11.3 Å². The molecule has 1 aliphatic rings. The van der Waals surface area contributed by atoms with Crippen molar-refractivity contribution in [1.82, 2.24) is 5.32 Å². The molecule has 106 valence electrons. The summed E-state index contributed by atoms with van der Waals surface area (Å²) in [5.41, 5.74) is 1.40. The van der Waals surface area contributed by atoms with Crippen molar-refractivity contribution >= 4 is 18.0 Å². The average Bonchev–Trinajstić information content (AvgIpc) is 2.46. The molecule has 20 heavy (non-hydrogen) atoms. The molecule has 0 spiro atoms. The zero-order valence-corrected chi connectivity index (χ0v) is 10.8. The van der Waals surface area contributed by atoms with Gasteiger partial charge in [0, 0.05) is 12.1 Å². The van der Waals surface area contributed by atoms with Crippen molar-refractivity contribution in [2.24, 2.45) is 0 Å². The molecule has 0 radical (unpaired) electrons. The van der Waals surface area contributed by atoms with E-state index in [9.17, 15) is 9.59 Å². The van der Waals surface area contributed by atoms with Crippen LogP contribution in [0.2, 0.25) is 0 Å². The Bertz CT molecular complexity index is 538. The van der Waals surface area contributed by atoms with Gasteiger partial charge in [0.2, 0.25) is 0 Å². The number of fused-ring (bicyclic) bond motifs is 1. The van der Waals surface area contributed by atoms with Crippen LogP contribution in [0.5, 0.6) is 5.75 Å². The van der Waals surface area contributed by atoms with Gasteiger partial charge in [0.1, 0.15) is 19.0 Å². The third-order valence-corrected chi connectivity index (χ3v) is 2.68. The Morgan fingerprint density at radius 1 is 1.35 bits per heavy atom. The first kappa shape index (κ1) is 14.1. The summed E-state index contributed by atoms with van der Waals surface area (Å²) in [6.07, 6.45) is 1.78.